The highest BCUT2D eigenvalue weighted by Gasteiger charge is 2.19. The van der Waals surface area contributed by atoms with Crippen LogP contribution >= 0.6 is 0 Å². The van der Waals surface area contributed by atoms with Crippen molar-refractivity contribution in [2.45, 2.75) is 45.1 Å². The molecule has 3 heteroatoms. The number of rotatable bonds is 8. The Morgan fingerprint density at radius 1 is 1.19 bits per heavy atom. The van der Waals surface area contributed by atoms with Crippen molar-refractivity contribution in [3.63, 3.8) is 0 Å². The SMILES string of the molecule is CCCC(CCO)CNC1CCN(c2ccccc2)CC1. The van der Waals surface area contributed by atoms with Gasteiger partial charge < -0.3 is 15.3 Å². The maximum Gasteiger partial charge on any atom is 0.0434 e. The summed E-state index contributed by atoms with van der Waals surface area (Å²) in [5.74, 6) is 0.632. The molecule has 1 aliphatic heterocycles. The van der Waals surface area contributed by atoms with Gasteiger partial charge in [-0.05, 0) is 50.3 Å². The van der Waals surface area contributed by atoms with Gasteiger partial charge in [0.2, 0.25) is 0 Å². The minimum atomic E-state index is 0.318. The molecular formula is C18H30N2O. The Hall–Kier alpha value is -1.06. The van der Waals surface area contributed by atoms with Crippen LogP contribution in [-0.2, 0) is 0 Å². The van der Waals surface area contributed by atoms with Crippen LogP contribution in [0.5, 0.6) is 0 Å². The molecular weight excluding hydrogens is 260 g/mol. The minimum absolute atomic E-state index is 0.318. The van der Waals surface area contributed by atoms with E-state index in [1.807, 2.05) is 0 Å². The second-order valence-corrected chi connectivity index (χ2v) is 6.17. The highest BCUT2D eigenvalue weighted by Crippen LogP contribution is 2.20. The molecule has 118 valence electrons. The van der Waals surface area contributed by atoms with E-state index in [4.69, 9.17) is 5.11 Å². The van der Waals surface area contributed by atoms with E-state index in [0.717, 1.165) is 26.1 Å². The van der Waals surface area contributed by atoms with Crippen LogP contribution in [0, 0.1) is 5.92 Å². The molecule has 21 heavy (non-hydrogen) atoms. The van der Waals surface area contributed by atoms with E-state index in [-0.39, 0.29) is 0 Å². The maximum absolute atomic E-state index is 9.13. The van der Waals surface area contributed by atoms with Gasteiger partial charge >= 0.3 is 0 Å². The molecule has 2 N–H and O–H groups in total. The summed E-state index contributed by atoms with van der Waals surface area (Å²) in [6, 6.07) is 11.3. The molecule has 1 aromatic rings. The number of nitrogens with one attached hydrogen (secondary N) is 1. The van der Waals surface area contributed by atoms with E-state index in [1.54, 1.807) is 0 Å². The van der Waals surface area contributed by atoms with Crippen molar-refractivity contribution in [2.24, 2.45) is 5.92 Å². The fourth-order valence-corrected chi connectivity index (χ4v) is 3.25. The van der Waals surface area contributed by atoms with Gasteiger partial charge in [-0.2, -0.15) is 0 Å². The highest BCUT2D eigenvalue weighted by atomic mass is 16.3. The molecule has 0 spiro atoms. The van der Waals surface area contributed by atoms with Crippen LogP contribution in [0.2, 0.25) is 0 Å². The lowest BCUT2D eigenvalue weighted by atomic mass is 9.98. The molecule has 1 saturated heterocycles. The van der Waals surface area contributed by atoms with Gasteiger partial charge in [-0.1, -0.05) is 31.5 Å². The Balaban J connectivity index is 1.71. The van der Waals surface area contributed by atoms with E-state index in [9.17, 15) is 0 Å². The predicted molar refractivity (Wildman–Crippen MR) is 89.8 cm³/mol. The normalized spacial score (nSPS) is 17.9. The summed E-state index contributed by atoms with van der Waals surface area (Å²) in [6.45, 7) is 5.88. The lowest BCUT2D eigenvalue weighted by Crippen LogP contribution is -2.44. The number of hydrogen-bond acceptors (Lipinski definition) is 3. The third-order valence-electron chi connectivity index (χ3n) is 4.55. The van der Waals surface area contributed by atoms with Gasteiger partial charge in [0, 0.05) is 31.4 Å². The first-order chi connectivity index (χ1) is 10.3. The van der Waals surface area contributed by atoms with E-state index in [1.165, 1.54) is 31.4 Å². The topological polar surface area (TPSA) is 35.5 Å². The average Bonchev–Trinajstić information content (AvgIpc) is 2.54. The standard InChI is InChI=1S/C18H30N2O/c1-2-6-16(11-14-21)15-19-17-9-12-20(13-10-17)18-7-4-3-5-8-18/h3-5,7-8,16-17,19,21H,2,6,9-15H2,1H3. The first-order valence-electron chi connectivity index (χ1n) is 8.47. The van der Waals surface area contributed by atoms with Gasteiger partial charge in [0.25, 0.3) is 0 Å². The Morgan fingerprint density at radius 3 is 2.52 bits per heavy atom. The zero-order chi connectivity index (χ0) is 14.9. The van der Waals surface area contributed by atoms with Gasteiger partial charge in [-0.25, -0.2) is 0 Å². The van der Waals surface area contributed by atoms with Gasteiger partial charge in [0.1, 0.15) is 0 Å². The molecule has 1 aliphatic rings. The predicted octanol–water partition coefficient (Wildman–Crippen LogP) is 3.04. The van der Waals surface area contributed by atoms with Crippen LogP contribution < -0.4 is 10.2 Å². The van der Waals surface area contributed by atoms with Crippen LogP contribution in [0.3, 0.4) is 0 Å². The third kappa shape index (κ3) is 5.33. The summed E-state index contributed by atoms with van der Waals surface area (Å²) in [6.07, 6.45) is 5.79. The monoisotopic (exact) mass is 290 g/mol. The third-order valence-corrected chi connectivity index (χ3v) is 4.55. The molecule has 3 nitrogen and oxygen atoms in total. The Kier molecular flexibility index (Phi) is 7.04. The number of aliphatic hydroxyl groups is 1. The molecule has 0 radical (unpaired) electrons. The Morgan fingerprint density at radius 2 is 1.90 bits per heavy atom. The molecule has 0 aromatic heterocycles. The number of para-hydroxylation sites is 1. The molecule has 1 heterocycles. The lowest BCUT2D eigenvalue weighted by molar-refractivity contribution is 0.242. The first kappa shape index (κ1) is 16.3. The van der Waals surface area contributed by atoms with E-state index in [2.05, 4.69) is 47.5 Å². The summed E-state index contributed by atoms with van der Waals surface area (Å²) < 4.78 is 0. The Bertz CT molecular complexity index is 368. The molecule has 0 amide bonds. The molecule has 1 unspecified atom stereocenters. The van der Waals surface area contributed by atoms with E-state index in [0.29, 0.717) is 18.6 Å². The van der Waals surface area contributed by atoms with Crippen LogP contribution in [0.15, 0.2) is 30.3 Å². The van der Waals surface area contributed by atoms with Crippen molar-refractivity contribution in [1.82, 2.24) is 5.32 Å². The summed E-state index contributed by atoms with van der Waals surface area (Å²) in [5.41, 5.74) is 1.35. The highest BCUT2D eigenvalue weighted by molar-refractivity contribution is 5.46. The van der Waals surface area contributed by atoms with Gasteiger partial charge in [0.15, 0.2) is 0 Å². The zero-order valence-electron chi connectivity index (χ0n) is 13.3. The molecule has 1 fully saturated rings. The van der Waals surface area contributed by atoms with Crippen LogP contribution in [0.25, 0.3) is 0 Å². The first-order valence-corrected chi connectivity index (χ1v) is 8.47. The largest absolute Gasteiger partial charge is 0.396 e. The van der Waals surface area contributed by atoms with Crippen molar-refractivity contribution in [2.75, 3.05) is 31.1 Å². The summed E-state index contributed by atoms with van der Waals surface area (Å²) >= 11 is 0. The fraction of sp³-hybridized carbons (Fsp3) is 0.667. The van der Waals surface area contributed by atoms with E-state index < -0.39 is 0 Å². The number of aliphatic hydroxyl groups excluding tert-OH is 1. The van der Waals surface area contributed by atoms with Crippen LogP contribution in [-0.4, -0.2) is 37.4 Å². The summed E-state index contributed by atoms with van der Waals surface area (Å²) in [7, 11) is 0. The molecule has 2 rings (SSSR count). The van der Waals surface area contributed by atoms with Gasteiger partial charge in [-0.3, -0.25) is 0 Å². The van der Waals surface area contributed by atoms with Crippen LogP contribution in [0.1, 0.15) is 39.0 Å². The second-order valence-electron chi connectivity index (χ2n) is 6.17. The smallest absolute Gasteiger partial charge is 0.0434 e. The number of piperidine rings is 1. The van der Waals surface area contributed by atoms with E-state index >= 15 is 0 Å². The van der Waals surface area contributed by atoms with Crippen molar-refractivity contribution < 1.29 is 5.11 Å². The van der Waals surface area contributed by atoms with Gasteiger partial charge in [-0.15, -0.1) is 0 Å². The molecule has 0 saturated carbocycles. The van der Waals surface area contributed by atoms with Gasteiger partial charge in [0.05, 0.1) is 0 Å². The average molecular weight is 290 g/mol. The lowest BCUT2D eigenvalue weighted by Gasteiger charge is -2.34. The molecule has 1 atom stereocenters. The summed E-state index contributed by atoms with van der Waals surface area (Å²) in [4.78, 5) is 2.48. The molecule has 0 aliphatic carbocycles. The number of anilines is 1. The quantitative estimate of drug-likeness (QED) is 0.772. The molecule has 1 aromatic carbocycles. The van der Waals surface area contributed by atoms with Crippen molar-refractivity contribution >= 4 is 5.69 Å². The minimum Gasteiger partial charge on any atom is -0.396 e. The van der Waals surface area contributed by atoms with Crippen molar-refractivity contribution in [3.05, 3.63) is 30.3 Å². The van der Waals surface area contributed by atoms with Crippen molar-refractivity contribution in [1.29, 1.82) is 0 Å². The fourth-order valence-electron chi connectivity index (χ4n) is 3.25. The molecule has 0 bridgehead atoms. The van der Waals surface area contributed by atoms with Crippen LogP contribution in [0.4, 0.5) is 5.69 Å². The van der Waals surface area contributed by atoms with Crippen molar-refractivity contribution in [3.8, 4) is 0 Å². The zero-order valence-corrected chi connectivity index (χ0v) is 13.3. The number of benzene rings is 1. The summed E-state index contributed by atoms with van der Waals surface area (Å²) in [5, 5.41) is 12.9. The number of hydrogen-bond donors (Lipinski definition) is 2. The maximum atomic E-state index is 9.13. The number of nitrogens with zero attached hydrogens (tertiary/aromatic N) is 1. The Labute approximate surface area is 129 Å². The second kappa shape index (κ2) is 9.06.